The summed E-state index contributed by atoms with van der Waals surface area (Å²) in [4.78, 5) is 22.7. The molecule has 1 rings (SSSR count). The van der Waals surface area contributed by atoms with Gasteiger partial charge in [0.2, 0.25) is 5.91 Å². The quantitative estimate of drug-likeness (QED) is 0.782. The molecule has 5 nitrogen and oxygen atoms in total. The monoisotopic (exact) mass is 284 g/mol. The van der Waals surface area contributed by atoms with Gasteiger partial charge in [0, 0.05) is 6.04 Å². The Labute approximate surface area is 117 Å². The molecule has 0 aromatic heterocycles. The molecule has 0 aliphatic heterocycles. The first-order valence-corrected chi connectivity index (χ1v) is 6.25. The normalized spacial score (nSPS) is 11.5. The lowest BCUT2D eigenvalue weighted by Gasteiger charge is -2.13. The number of nitrogens with one attached hydrogen (secondary N) is 2. The van der Waals surface area contributed by atoms with E-state index < -0.39 is 0 Å². The molecule has 0 saturated carbocycles. The van der Waals surface area contributed by atoms with Crippen LogP contribution in [0.5, 0.6) is 0 Å². The number of carbonyl (C=O) groups excluding carboxylic acids is 2. The topological polar surface area (TPSA) is 67.4 Å². The van der Waals surface area contributed by atoms with Crippen LogP contribution in [0.3, 0.4) is 0 Å². The number of para-hydroxylation sites is 1. The number of benzene rings is 1. The van der Waals surface area contributed by atoms with Gasteiger partial charge in [-0.15, -0.1) is 0 Å². The van der Waals surface area contributed by atoms with Crippen molar-refractivity contribution in [3.63, 3.8) is 0 Å². The number of amides is 1. The molecule has 6 heteroatoms. The number of esters is 1. The number of hydrogen-bond acceptors (Lipinski definition) is 4. The highest BCUT2D eigenvalue weighted by Crippen LogP contribution is 2.19. The Kier molecular flexibility index (Phi) is 6.15. The first kappa shape index (κ1) is 15.3. The maximum Gasteiger partial charge on any atom is 0.307 e. The minimum atomic E-state index is -0.355. The van der Waals surface area contributed by atoms with Crippen molar-refractivity contribution in [1.29, 1.82) is 0 Å². The van der Waals surface area contributed by atoms with Crippen molar-refractivity contribution in [2.45, 2.75) is 19.4 Å². The van der Waals surface area contributed by atoms with Crippen LogP contribution in [0.25, 0.3) is 0 Å². The molecule has 0 radical (unpaired) electrons. The summed E-state index contributed by atoms with van der Waals surface area (Å²) in [6, 6.07) is 6.89. The Bertz CT molecular complexity index is 451. The fourth-order valence-corrected chi connectivity index (χ4v) is 1.69. The van der Waals surface area contributed by atoms with Crippen LogP contribution >= 0.6 is 11.6 Å². The zero-order valence-electron chi connectivity index (χ0n) is 10.9. The van der Waals surface area contributed by atoms with E-state index in [0.717, 1.165) is 0 Å². The number of carbonyl (C=O) groups is 2. The van der Waals surface area contributed by atoms with E-state index >= 15 is 0 Å². The summed E-state index contributed by atoms with van der Waals surface area (Å²) in [5.41, 5.74) is 0.694. The van der Waals surface area contributed by atoms with Crippen LogP contribution in [0.4, 0.5) is 5.69 Å². The summed E-state index contributed by atoms with van der Waals surface area (Å²) in [7, 11) is 1.32. The molecular weight excluding hydrogens is 268 g/mol. The van der Waals surface area contributed by atoms with Gasteiger partial charge >= 0.3 is 5.97 Å². The molecule has 1 aromatic rings. The van der Waals surface area contributed by atoms with E-state index in [2.05, 4.69) is 15.4 Å². The van der Waals surface area contributed by atoms with Crippen molar-refractivity contribution in [2.24, 2.45) is 0 Å². The van der Waals surface area contributed by atoms with Gasteiger partial charge in [-0.1, -0.05) is 23.7 Å². The van der Waals surface area contributed by atoms with Crippen LogP contribution in [0, 0.1) is 0 Å². The van der Waals surface area contributed by atoms with Crippen LogP contribution in [-0.2, 0) is 14.3 Å². The molecule has 1 atom stereocenters. The maximum atomic E-state index is 11.6. The number of halogens is 1. The van der Waals surface area contributed by atoms with Crippen LogP contribution < -0.4 is 10.6 Å². The van der Waals surface area contributed by atoms with Crippen LogP contribution in [0.15, 0.2) is 24.3 Å². The van der Waals surface area contributed by atoms with Gasteiger partial charge in [0.1, 0.15) is 0 Å². The minimum Gasteiger partial charge on any atom is -0.469 e. The summed E-state index contributed by atoms with van der Waals surface area (Å²) in [5.74, 6) is -0.566. The molecule has 19 heavy (non-hydrogen) atoms. The van der Waals surface area contributed by atoms with Crippen molar-refractivity contribution >= 4 is 29.2 Å². The fraction of sp³-hybridized carbons (Fsp3) is 0.385. The fourth-order valence-electron chi connectivity index (χ4n) is 1.49. The summed E-state index contributed by atoms with van der Waals surface area (Å²) in [5, 5.41) is 6.17. The van der Waals surface area contributed by atoms with Crippen molar-refractivity contribution in [3.8, 4) is 0 Å². The lowest BCUT2D eigenvalue weighted by molar-refractivity contribution is -0.141. The molecule has 0 aliphatic carbocycles. The molecule has 1 unspecified atom stereocenters. The second kappa shape index (κ2) is 7.63. The highest BCUT2D eigenvalue weighted by Gasteiger charge is 2.12. The zero-order chi connectivity index (χ0) is 14.3. The molecule has 1 aromatic carbocycles. The summed E-state index contributed by atoms with van der Waals surface area (Å²) in [6.07, 6.45) is 0.147. The van der Waals surface area contributed by atoms with E-state index in [9.17, 15) is 9.59 Å². The van der Waals surface area contributed by atoms with Crippen molar-refractivity contribution < 1.29 is 14.3 Å². The molecule has 0 aliphatic rings. The van der Waals surface area contributed by atoms with Gasteiger partial charge < -0.3 is 15.4 Å². The van der Waals surface area contributed by atoms with Crippen molar-refractivity contribution in [3.05, 3.63) is 29.3 Å². The number of methoxy groups -OCH3 is 1. The minimum absolute atomic E-state index is 0.0925. The van der Waals surface area contributed by atoms with Gasteiger partial charge in [-0.25, -0.2) is 0 Å². The number of anilines is 1. The largest absolute Gasteiger partial charge is 0.469 e. The van der Waals surface area contributed by atoms with Gasteiger partial charge in [-0.2, -0.15) is 0 Å². The average molecular weight is 285 g/mol. The molecule has 0 saturated heterocycles. The van der Waals surface area contributed by atoms with Gasteiger partial charge in [-0.3, -0.25) is 9.59 Å². The average Bonchev–Trinajstić information content (AvgIpc) is 2.37. The molecule has 104 valence electrons. The second-order valence-electron chi connectivity index (χ2n) is 4.08. The first-order valence-electron chi connectivity index (χ1n) is 5.87. The van der Waals surface area contributed by atoms with Gasteiger partial charge in [0.05, 0.1) is 30.8 Å². The third kappa shape index (κ3) is 5.61. The molecule has 0 heterocycles. The van der Waals surface area contributed by atoms with E-state index in [1.807, 2.05) is 12.1 Å². The van der Waals surface area contributed by atoms with E-state index in [4.69, 9.17) is 11.6 Å². The number of ether oxygens (including phenoxy) is 1. The molecule has 0 spiro atoms. The highest BCUT2D eigenvalue weighted by atomic mass is 35.5. The predicted molar refractivity (Wildman–Crippen MR) is 74.2 cm³/mol. The lowest BCUT2D eigenvalue weighted by atomic mass is 10.2. The van der Waals surface area contributed by atoms with E-state index in [1.54, 1.807) is 19.1 Å². The smallest absolute Gasteiger partial charge is 0.307 e. The van der Waals surface area contributed by atoms with Crippen LogP contribution in [0.1, 0.15) is 13.3 Å². The molecule has 0 bridgehead atoms. The maximum absolute atomic E-state index is 11.6. The Hall–Kier alpha value is -1.75. The Morgan fingerprint density at radius 3 is 2.68 bits per heavy atom. The Morgan fingerprint density at radius 2 is 2.05 bits per heavy atom. The summed E-state index contributed by atoms with van der Waals surface area (Å²) < 4.78 is 4.52. The van der Waals surface area contributed by atoms with Gasteiger partial charge in [0.25, 0.3) is 0 Å². The third-order valence-electron chi connectivity index (χ3n) is 2.42. The number of hydrogen-bond donors (Lipinski definition) is 2. The number of rotatable bonds is 6. The van der Waals surface area contributed by atoms with Crippen molar-refractivity contribution in [2.75, 3.05) is 19.0 Å². The Morgan fingerprint density at radius 1 is 1.37 bits per heavy atom. The molecule has 0 fully saturated rings. The zero-order valence-corrected chi connectivity index (χ0v) is 11.7. The Balaban J connectivity index is 2.36. The molecule has 1 amide bonds. The lowest BCUT2D eigenvalue weighted by Crippen LogP contribution is -2.38. The SMILES string of the molecule is COC(=O)CC(C)NC(=O)CNc1ccccc1Cl. The third-order valence-corrected chi connectivity index (χ3v) is 2.75. The molecule has 2 N–H and O–H groups in total. The van der Waals surface area contributed by atoms with E-state index in [-0.39, 0.29) is 30.9 Å². The predicted octanol–water partition coefficient (Wildman–Crippen LogP) is 1.82. The van der Waals surface area contributed by atoms with Crippen LogP contribution in [-0.4, -0.2) is 31.6 Å². The standard InChI is InChI=1S/C13H17ClN2O3/c1-9(7-13(18)19-2)16-12(17)8-15-11-6-4-3-5-10(11)14/h3-6,9,15H,7-8H2,1-2H3,(H,16,17). The second-order valence-corrected chi connectivity index (χ2v) is 4.49. The molecular formula is C13H17ClN2O3. The van der Waals surface area contributed by atoms with Crippen molar-refractivity contribution in [1.82, 2.24) is 5.32 Å². The van der Waals surface area contributed by atoms with Crippen LogP contribution in [0.2, 0.25) is 5.02 Å². The van der Waals surface area contributed by atoms with E-state index in [0.29, 0.717) is 10.7 Å². The first-order chi connectivity index (χ1) is 9.02. The highest BCUT2D eigenvalue weighted by molar-refractivity contribution is 6.33. The van der Waals surface area contributed by atoms with E-state index in [1.165, 1.54) is 7.11 Å². The summed E-state index contributed by atoms with van der Waals surface area (Å²) in [6.45, 7) is 1.83. The van der Waals surface area contributed by atoms with Gasteiger partial charge in [0.15, 0.2) is 0 Å². The van der Waals surface area contributed by atoms with Gasteiger partial charge in [-0.05, 0) is 19.1 Å². The summed E-state index contributed by atoms with van der Waals surface area (Å²) >= 11 is 5.95.